The highest BCUT2D eigenvalue weighted by Gasteiger charge is 2.16. The molecule has 0 unspecified atom stereocenters. The van der Waals surface area contributed by atoms with Crippen molar-refractivity contribution >= 4 is 34.6 Å². The highest BCUT2D eigenvalue weighted by molar-refractivity contribution is 6.35. The van der Waals surface area contributed by atoms with Gasteiger partial charge in [0.25, 0.3) is 0 Å². The van der Waals surface area contributed by atoms with Crippen LogP contribution in [0, 0.1) is 13.8 Å². The summed E-state index contributed by atoms with van der Waals surface area (Å²) in [5, 5.41) is 11.8. The number of anilines is 4. The molecule has 0 fully saturated rings. The lowest BCUT2D eigenvalue weighted by molar-refractivity contribution is 0.671. The van der Waals surface area contributed by atoms with Crippen molar-refractivity contribution in [2.45, 2.75) is 27.3 Å². The van der Waals surface area contributed by atoms with Crippen molar-refractivity contribution in [2.75, 3.05) is 10.6 Å². The zero-order valence-corrected chi connectivity index (χ0v) is 14.9. The number of nitrogens with zero attached hydrogens (tertiary/aromatic N) is 2. The summed E-state index contributed by atoms with van der Waals surface area (Å²) >= 11 is 6.56. The third kappa shape index (κ3) is 3.54. The number of aromatic nitrogens is 2. The molecule has 0 aliphatic rings. The minimum atomic E-state index is 0.581. The zero-order chi connectivity index (χ0) is 17.1. The van der Waals surface area contributed by atoms with Crippen LogP contribution in [-0.4, -0.2) is 9.78 Å². The highest BCUT2D eigenvalue weighted by Crippen LogP contribution is 2.34. The lowest BCUT2D eigenvalue weighted by Gasteiger charge is -2.08. The zero-order valence-electron chi connectivity index (χ0n) is 14.1. The van der Waals surface area contributed by atoms with E-state index in [1.54, 1.807) is 0 Å². The number of nitrogens with one attached hydrogen (secondary N) is 2. The van der Waals surface area contributed by atoms with E-state index in [4.69, 9.17) is 11.6 Å². The Morgan fingerprint density at radius 2 is 1.38 bits per heavy atom. The van der Waals surface area contributed by atoms with Crippen LogP contribution in [0.1, 0.15) is 18.1 Å². The first kappa shape index (κ1) is 16.4. The van der Waals surface area contributed by atoms with E-state index in [2.05, 4.69) is 53.8 Å². The first-order valence-electron chi connectivity index (χ1n) is 8.00. The van der Waals surface area contributed by atoms with E-state index in [9.17, 15) is 0 Å². The topological polar surface area (TPSA) is 41.9 Å². The molecule has 0 amide bonds. The third-order valence-corrected chi connectivity index (χ3v) is 4.18. The maximum absolute atomic E-state index is 6.56. The molecule has 0 radical (unpaired) electrons. The number of aryl methyl sites for hydroxylation is 3. The van der Waals surface area contributed by atoms with Gasteiger partial charge in [0.05, 0.1) is 0 Å². The Bertz CT molecular complexity index is 820. The van der Waals surface area contributed by atoms with Gasteiger partial charge in [-0.3, -0.25) is 0 Å². The van der Waals surface area contributed by atoms with Gasteiger partial charge in [-0.25, -0.2) is 4.68 Å². The summed E-state index contributed by atoms with van der Waals surface area (Å²) in [6, 6.07) is 16.3. The molecule has 0 atom stereocenters. The molecule has 0 aliphatic heterocycles. The van der Waals surface area contributed by atoms with E-state index in [1.165, 1.54) is 11.1 Å². The largest absolute Gasteiger partial charge is 0.339 e. The van der Waals surface area contributed by atoms with E-state index in [1.807, 2.05) is 35.9 Å². The van der Waals surface area contributed by atoms with Crippen LogP contribution in [0.4, 0.5) is 23.0 Å². The van der Waals surface area contributed by atoms with E-state index in [0.29, 0.717) is 10.8 Å². The van der Waals surface area contributed by atoms with Gasteiger partial charge >= 0.3 is 0 Å². The van der Waals surface area contributed by atoms with Gasteiger partial charge in [0.2, 0.25) is 0 Å². The number of benzene rings is 2. The summed E-state index contributed by atoms with van der Waals surface area (Å²) in [5.41, 5.74) is 4.38. The Hall–Kier alpha value is -2.46. The second-order valence-corrected chi connectivity index (χ2v) is 6.19. The van der Waals surface area contributed by atoms with E-state index >= 15 is 0 Å². The van der Waals surface area contributed by atoms with Gasteiger partial charge in [0.15, 0.2) is 5.82 Å². The number of halogens is 1. The molecule has 5 heteroatoms. The summed E-state index contributed by atoms with van der Waals surface area (Å²) in [6.07, 6.45) is 0. The monoisotopic (exact) mass is 340 g/mol. The quantitative estimate of drug-likeness (QED) is 0.629. The number of hydrogen-bond acceptors (Lipinski definition) is 3. The first-order chi connectivity index (χ1) is 11.6. The minimum absolute atomic E-state index is 0.581. The maximum atomic E-state index is 6.56. The van der Waals surface area contributed by atoms with Crippen molar-refractivity contribution in [3.63, 3.8) is 0 Å². The Morgan fingerprint density at radius 3 is 1.88 bits per heavy atom. The van der Waals surface area contributed by atoms with Crippen molar-refractivity contribution in [3.8, 4) is 0 Å². The second-order valence-electron chi connectivity index (χ2n) is 5.81. The molecule has 1 aromatic heterocycles. The van der Waals surface area contributed by atoms with Crippen LogP contribution in [0.25, 0.3) is 0 Å². The van der Waals surface area contributed by atoms with Crippen LogP contribution in [0.3, 0.4) is 0 Å². The smallest absolute Gasteiger partial charge is 0.173 e. The van der Waals surface area contributed by atoms with Gasteiger partial charge in [-0.2, -0.15) is 5.10 Å². The van der Waals surface area contributed by atoms with Gasteiger partial charge in [0.1, 0.15) is 10.8 Å². The Morgan fingerprint density at radius 1 is 0.875 bits per heavy atom. The molecule has 2 aromatic carbocycles. The lowest BCUT2D eigenvalue weighted by Crippen LogP contribution is -2.03. The molecule has 3 aromatic rings. The lowest BCUT2D eigenvalue weighted by atomic mass is 10.2. The third-order valence-electron chi connectivity index (χ3n) is 3.82. The summed E-state index contributed by atoms with van der Waals surface area (Å²) in [7, 11) is 0. The van der Waals surface area contributed by atoms with Crippen molar-refractivity contribution in [3.05, 3.63) is 64.7 Å². The average Bonchev–Trinajstić information content (AvgIpc) is 2.88. The Balaban J connectivity index is 1.88. The molecule has 24 heavy (non-hydrogen) atoms. The molecule has 0 saturated heterocycles. The molecule has 2 N–H and O–H groups in total. The standard InChI is InChI=1S/C19H21ClN4/c1-4-24-19(22-16-11-7-14(3)8-12-16)17(20)18(23-24)21-15-9-5-13(2)6-10-15/h5-12,22H,4H2,1-3H3,(H,21,23). The first-order valence-corrected chi connectivity index (χ1v) is 8.38. The van der Waals surface area contributed by atoms with Crippen LogP contribution in [0.5, 0.6) is 0 Å². The summed E-state index contributed by atoms with van der Waals surface area (Å²) in [5.74, 6) is 1.44. The van der Waals surface area contributed by atoms with Gasteiger partial charge in [-0.05, 0) is 45.0 Å². The van der Waals surface area contributed by atoms with Crippen molar-refractivity contribution in [1.82, 2.24) is 9.78 Å². The average molecular weight is 341 g/mol. The van der Waals surface area contributed by atoms with Crippen LogP contribution in [0.2, 0.25) is 5.02 Å². The molecule has 0 spiro atoms. The van der Waals surface area contributed by atoms with Gasteiger partial charge in [-0.1, -0.05) is 47.0 Å². The van der Waals surface area contributed by atoms with Crippen LogP contribution in [-0.2, 0) is 6.54 Å². The van der Waals surface area contributed by atoms with Crippen molar-refractivity contribution in [1.29, 1.82) is 0 Å². The van der Waals surface area contributed by atoms with Gasteiger partial charge < -0.3 is 10.6 Å². The fourth-order valence-corrected chi connectivity index (χ4v) is 2.65. The fraction of sp³-hybridized carbons (Fsp3) is 0.211. The molecule has 4 nitrogen and oxygen atoms in total. The SMILES string of the molecule is CCn1nc(Nc2ccc(C)cc2)c(Cl)c1Nc1ccc(C)cc1. The molecule has 0 saturated carbocycles. The van der Waals surface area contributed by atoms with Crippen LogP contribution >= 0.6 is 11.6 Å². The Kier molecular flexibility index (Phi) is 4.76. The Labute approximate surface area is 147 Å². The second kappa shape index (κ2) is 6.97. The van der Waals surface area contributed by atoms with Crippen molar-refractivity contribution < 1.29 is 0 Å². The van der Waals surface area contributed by atoms with Gasteiger partial charge in [0, 0.05) is 17.9 Å². The van der Waals surface area contributed by atoms with Crippen molar-refractivity contribution in [2.24, 2.45) is 0 Å². The molecule has 1 heterocycles. The van der Waals surface area contributed by atoms with Crippen LogP contribution < -0.4 is 10.6 Å². The summed E-state index contributed by atoms with van der Waals surface area (Å²) in [4.78, 5) is 0. The predicted octanol–water partition coefficient (Wildman–Crippen LogP) is 5.66. The minimum Gasteiger partial charge on any atom is -0.339 e. The number of rotatable bonds is 5. The highest BCUT2D eigenvalue weighted by atomic mass is 35.5. The molecular weight excluding hydrogens is 320 g/mol. The van der Waals surface area contributed by atoms with E-state index in [0.717, 1.165) is 23.7 Å². The van der Waals surface area contributed by atoms with Crippen LogP contribution in [0.15, 0.2) is 48.5 Å². The molecule has 0 bridgehead atoms. The fourth-order valence-electron chi connectivity index (χ4n) is 2.42. The predicted molar refractivity (Wildman–Crippen MR) is 102 cm³/mol. The maximum Gasteiger partial charge on any atom is 0.173 e. The normalized spacial score (nSPS) is 10.7. The molecule has 0 aliphatic carbocycles. The summed E-state index contributed by atoms with van der Waals surface area (Å²) in [6.45, 7) is 6.89. The summed E-state index contributed by atoms with van der Waals surface area (Å²) < 4.78 is 1.86. The van der Waals surface area contributed by atoms with E-state index in [-0.39, 0.29) is 0 Å². The number of hydrogen-bond donors (Lipinski definition) is 2. The molecule has 124 valence electrons. The van der Waals surface area contributed by atoms with E-state index < -0.39 is 0 Å². The molecule has 3 rings (SSSR count). The van der Waals surface area contributed by atoms with Gasteiger partial charge in [-0.15, -0.1) is 0 Å². The molecular formula is C19H21ClN4.